The Morgan fingerprint density at radius 2 is 1.71 bits per heavy atom. The van der Waals surface area contributed by atoms with Gasteiger partial charge in [-0.25, -0.2) is 0 Å². The molecule has 7 nitrogen and oxygen atoms in total. The minimum absolute atomic E-state index is 0.0191. The third kappa shape index (κ3) is 4.29. The third-order valence-electron chi connectivity index (χ3n) is 3.37. The van der Waals surface area contributed by atoms with Crippen LogP contribution in [0.4, 0.5) is 0 Å². The molecule has 0 aliphatic rings. The Morgan fingerprint density at radius 1 is 1.10 bits per heavy atom. The van der Waals surface area contributed by atoms with Crippen LogP contribution < -0.4 is 14.8 Å². The molecule has 0 saturated heterocycles. The van der Waals surface area contributed by atoms with Crippen LogP contribution in [-0.2, 0) is 0 Å². The van der Waals surface area contributed by atoms with E-state index in [4.69, 9.17) is 9.47 Å². The normalized spacial score (nSPS) is 13.0. The summed E-state index contributed by atoms with van der Waals surface area (Å²) < 4.78 is 10.3. The predicted octanol–water partition coefficient (Wildman–Crippen LogP) is -0.957. The van der Waals surface area contributed by atoms with Crippen LogP contribution in [0.2, 0.25) is 0 Å². The van der Waals surface area contributed by atoms with E-state index in [-0.39, 0.29) is 6.54 Å². The van der Waals surface area contributed by atoms with Gasteiger partial charge in [-0.1, -0.05) is 0 Å². The highest BCUT2D eigenvalue weighted by Crippen LogP contribution is 2.29. The van der Waals surface area contributed by atoms with E-state index in [9.17, 15) is 20.4 Å². The van der Waals surface area contributed by atoms with Gasteiger partial charge in [-0.15, -0.1) is 0 Å². The number of benzene rings is 1. The van der Waals surface area contributed by atoms with Crippen LogP contribution >= 0.6 is 0 Å². The van der Waals surface area contributed by atoms with E-state index in [0.717, 1.165) is 0 Å². The lowest BCUT2D eigenvalue weighted by molar-refractivity contribution is 0.0319. The summed E-state index contributed by atoms with van der Waals surface area (Å²) in [6, 6.07) is 5.03. The zero-order valence-corrected chi connectivity index (χ0v) is 12.2. The molecule has 0 spiro atoms. The number of methoxy groups -OCH3 is 2. The van der Waals surface area contributed by atoms with Crippen molar-refractivity contribution in [1.29, 1.82) is 0 Å². The van der Waals surface area contributed by atoms with Crippen LogP contribution in [0.25, 0.3) is 0 Å². The lowest BCUT2D eigenvalue weighted by Crippen LogP contribution is -2.55. The average molecular weight is 301 g/mol. The van der Waals surface area contributed by atoms with Gasteiger partial charge in [-0.2, -0.15) is 0 Å². The molecule has 7 heteroatoms. The highest BCUT2D eigenvalue weighted by Gasteiger charge is 2.28. The summed E-state index contributed by atoms with van der Waals surface area (Å²) in [7, 11) is 3.01. The molecule has 1 atom stereocenters. The van der Waals surface area contributed by atoms with E-state index in [1.165, 1.54) is 14.2 Å². The maximum absolute atomic E-state index is 10.3. The van der Waals surface area contributed by atoms with Crippen LogP contribution in [0.1, 0.15) is 11.7 Å². The minimum Gasteiger partial charge on any atom is -0.497 e. The standard InChI is InChI=1S/C14H23NO6/c1-20-10-3-4-13(21-2)11(5-10)12(19)6-15-14(7-16,8-17)9-18/h3-5,12,15-19H,6-9H2,1-2H3. The molecule has 0 aromatic heterocycles. The van der Waals surface area contributed by atoms with Crippen LogP contribution in [-0.4, -0.2) is 66.6 Å². The van der Waals surface area contributed by atoms with Crippen molar-refractivity contribution in [1.82, 2.24) is 5.32 Å². The number of nitrogens with one attached hydrogen (secondary N) is 1. The van der Waals surface area contributed by atoms with Gasteiger partial charge in [-0.05, 0) is 18.2 Å². The number of hydrogen-bond acceptors (Lipinski definition) is 7. The van der Waals surface area contributed by atoms with Crippen molar-refractivity contribution >= 4 is 0 Å². The Hall–Kier alpha value is -1.38. The van der Waals surface area contributed by atoms with Crippen LogP contribution in [0, 0.1) is 0 Å². The van der Waals surface area contributed by atoms with Gasteiger partial charge >= 0.3 is 0 Å². The maximum atomic E-state index is 10.3. The molecule has 1 rings (SSSR count). The first-order chi connectivity index (χ1) is 10.1. The first-order valence-electron chi connectivity index (χ1n) is 6.53. The van der Waals surface area contributed by atoms with Gasteiger partial charge in [0.2, 0.25) is 0 Å². The zero-order chi connectivity index (χ0) is 15.9. The molecule has 0 aliphatic heterocycles. The van der Waals surface area contributed by atoms with Crippen molar-refractivity contribution in [3.63, 3.8) is 0 Å². The summed E-state index contributed by atoms with van der Waals surface area (Å²) in [5.41, 5.74) is -0.736. The highest BCUT2D eigenvalue weighted by molar-refractivity contribution is 5.41. The van der Waals surface area contributed by atoms with Gasteiger partial charge in [-0.3, -0.25) is 0 Å². The van der Waals surface area contributed by atoms with E-state index in [0.29, 0.717) is 17.1 Å². The van der Waals surface area contributed by atoms with E-state index < -0.39 is 31.5 Å². The topological polar surface area (TPSA) is 111 Å². The molecule has 0 saturated carbocycles. The fourth-order valence-corrected chi connectivity index (χ4v) is 1.84. The zero-order valence-electron chi connectivity index (χ0n) is 12.2. The Labute approximate surface area is 123 Å². The molecule has 1 aromatic rings. The van der Waals surface area contributed by atoms with Crippen molar-refractivity contribution in [2.75, 3.05) is 40.6 Å². The van der Waals surface area contributed by atoms with Gasteiger partial charge in [0.25, 0.3) is 0 Å². The Morgan fingerprint density at radius 3 is 2.19 bits per heavy atom. The van der Waals surface area contributed by atoms with Crippen LogP contribution in [0.5, 0.6) is 11.5 Å². The Balaban J connectivity index is 2.85. The highest BCUT2D eigenvalue weighted by atomic mass is 16.5. The SMILES string of the molecule is COc1ccc(OC)c(C(O)CNC(CO)(CO)CO)c1. The number of β-amino-alcohol motifs (C(OH)–C–C–N with tert-alkyl or cyclic N) is 1. The van der Waals surface area contributed by atoms with Gasteiger partial charge in [0.05, 0.1) is 45.7 Å². The first kappa shape index (κ1) is 17.7. The fourth-order valence-electron chi connectivity index (χ4n) is 1.84. The second-order valence-corrected chi connectivity index (χ2v) is 4.76. The summed E-state index contributed by atoms with van der Waals surface area (Å²) in [6.07, 6.45) is -0.959. The predicted molar refractivity (Wildman–Crippen MR) is 76.5 cm³/mol. The molecule has 0 radical (unpaired) electrons. The molecule has 0 fully saturated rings. The number of aliphatic hydroxyl groups excluding tert-OH is 4. The molecule has 5 N–H and O–H groups in total. The summed E-state index contributed by atoms with van der Waals surface area (Å²) in [6.45, 7) is -1.35. The van der Waals surface area contributed by atoms with Gasteiger partial charge < -0.3 is 35.2 Å². The van der Waals surface area contributed by atoms with Crippen molar-refractivity contribution < 1.29 is 29.9 Å². The second kappa shape index (κ2) is 8.16. The smallest absolute Gasteiger partial charge is 0.124 e. The number of rotatable bonds is 9. The maximum Gasteiger partial charge on any atom is 0.124 e. The number of ether oxygens (including phenoxy) is 2. The molecule has 0 bridgehead atoms. The van der Waals surface area contributed by atoms with Crippen LogP contribution in [0.3, 0.4) is 0 Å². The van der Waals surface area contributed by atoms with Gasteiger partial charge in [0.15, 0.2) is 0 Å². The third-order valence-corrected chi connectivity index (χ3v) is 3.37. The molecule has 21 heavy (non-hydrogen) atoms. The van der Waals surface area contributed by atoms with E-state index >= 15 is 0 Å². The number of hydrogen-bond donors (Lipinski definition) is 5. The van der Waals surface area contributed by atoms with Gasteiger partial charge in [0.1, 0.15) is 11.5 Å². The summed E-state index contributed by atoms with van der Waals surface area (Å²) in [5.74, 6) is 1.07. The Kier molecular flexibility index (Phi) is 6.86. The van der Waals surface area contributed by atoms with Crippen molar-refractivity contribution in [3.8, 4) is 11.5 Å². The molecule has 1 unspecified atom stereocenters. The molecular formula is C14H23NO6. The molecule has 1 aromatic carbocycles. The number of aliphatic hydroxyl groups is 4. The Bertz CT molecular complexity index is 427. The summed E-state index contributed by atoms with van der Waals surface area (Å²) in [4.78, 5) is 0. The molecule has 120 valence electrons. The minimum atomic E-state index is -1.24. The largest absolute Gasteiger partial charge is 0.497 e. The summed E-state index contributed by atoms with van der Waals surface area (Å²) in [5, 5.41) is 40.7. The first-order valence-corrected chi connectivity index (χ1v) is 6.53. The second-order valence-electron chi connectivity index (χ2n) is 4.76. The fraction of sp³-hybridized carbons (Fsp3) is 0.571. The molecule has 0 heterocycles. The van der Waals surface area contributed by atoms with E-state index in [1.54, 1.807) is 18.2 Å². The van der Waals surface area contributed by atoms with Gasteiger partial charge in [0, 0.05) is 12.1 Å². The monoisotopic (exact) mass is 301 g/mol. The lowest BCUT2D eigenvalue weighted by Gasteiger charge is -2.30. The van der Waals surface area contributed by atoms with E-state index in [1.807, 2.05) is 0 Å². The molecule has 0 aliphatic carbocycles. The molecule has 0 amide bonds. The molecular weight excluding hydrogens is 278 g/mol. The quantitative estimate of drug-likeness (QED) is 0.399. The van der Waals surface area contributed by atoms with E-state index in [2.05, 4.69) is 5.32 Å². The lowest BCUT2D eigenvalue weighted by atomic mass is 10.0. The average Bonchev–Trinajstić information content (AvgIpc) is 2.55. The van der Waals surface area contributed by atoms with Crippen molar-refractivity contribution in [2.24, 2.45) is 0 Å². The van der Waals surface area contributed by atoms with Crippen molar-refractivity contribution in [2.45, 2.75) is 11.6 Å². The van der Waals surface area contributed by atoms with Crippen LogP contribution in [0.15, 0.2) is 18.2 Å². The van der Waals surface area contributed by atoms with Crippen molar-refractivity contribution in [3.05, 3.63) is 23.8 Å². The summed E-state index contributed by atoms with van der Waals surface area (Å²) >= 11 is 0.